The highest BCUT2D eigenvalue weighted by molar-refractivity contribution is 5.86. The molecular formula is C15H24O4. The Kier molecular flexibility index (Phi) is 8.58. The third-order valence-electron chi connectivity index (χ3n) is 3.32. The predicted octanol–water partition coefficient (Wildman–Crippen LogP) is 3.63. The molecule has 108 valence electrons. The van der Waals surface area contributed by atoms with Crippen LogP contribution in [0, 0.1) is 5.92 Å². The summed E-state index contributed by atoms with van der Waals surface area (Å²) < 4.78 is 0. The second kappa shape index (κ2) is 9.36. The number of carboxylic acids is 2. The first-order chi connectivity index (χ1) is 8.86. The normalized spacial score (nSPS) is 14.3. The van der Waals surface area contributed by atoms with E-state index in [1.165, 1.54) is 0 Å². The van der Waals surface area contributed by atoms with Crippen LogP contribution < -0.4 is 0 Å². The summed E-state index contributed by atoms with van der Waals surface area (Å²) in [5.41, 5.74) is 1.32. The van der Waals surface area contributed by atoms with Crippen molar-refractivity contribution in [2.75, 3.05) is 0 Å². The summed E-state index contributed by atoms with van der Waals surface area (Å²) in [5, 5.41) is 17.4. The highest BCUT2D eigenvalue weighted by Gasteiger charge is 2.10. The van der Waals surface area contributed by atoms with Crippen LogP contribution in [-0.2, 0) is 9.59 Å². The number of allylic oxidation sites excluding steroid dienone is 3. The molecule has 0 saturated carbocycles. The van der Waals surface area contributed by atoms with Gasteiger partial charge in [-0.25, -0.2) is 4.79 Å². The molecule has 0 spiro atoms. The van der Waals surface area contributed by atoms with Gasteiger partial charge in [-0.1, -0.05) is 24.6 Å². The van der Waals surface area contributed by atoms with Crippen molar-refractivity contribution in [2.24, 2.45) is 5.92 Å². The van der Waals surface area contributed by atoms with Crippen molar-refractivity contribution in [3.63, 3.8) is 0 Å². The van der Waals surface area contributed by atoms with E-state index in [-0.39, 0.29) is 12.3 Å². The molecule has 0 aromatic rings. The van der Waals surface area contributed by atoms with Gasteiger partial charge in [0.05, 0.1) is 0 Å². The van der Waals surface area contributed by atoms with E-state index in [4.69, 9.17) is 10.2 Å². The van der Waals surface area contributed by atoms with Gasteiger partial charge in [0.25, 0.3) is 0 Å². The second-order valence-electron chi connectivity index (χ2n) is 4.86. The summed E-state index contributed by atoms with van der Waals surface area (Å²) >= 11 is 0. The van der Waals surface area contributed by atoms with Crippen LogP contribution in [0.4, 0.5) is 0 Å². The fraction of sp³-hybridized carbons (Fsp3) is 0.600. The minimum Gasteiger partial charge on any atom is -0.481 e. The molecule has 19 heavy (non-hydrogen) atoms. The van der Waals surface area contributed by atoms with E-state index >= 15 is 0 Å². The molecule has 0 amide bonds. The van der Waals surface area contributed by atoms with Gasteiger partial charge >= 0.3 is 11.9 Å². The summed E-state index contributed by atoms with van der Waals surface area (Å²) in [6.45, 7) is 5.50. The minimum absolute atomic E-state index is 0.214. The van der Waals surface area contributed by atoms with Crippen LogP contribution in [0.15, 0.2) is 23.3 Å². The summed E-state index contributed by atoms with van der Waals surface area (Å²) in [6, 6.07) is 0. The van der Waals surface area contributed by atoms with E-state index in [0.29, 0.717) is 12.0 Å². The third kappa shape index (κ3) is 8.19. The Labute approximate surface area is 114 Å². The zero-order valence-electron chi connectivity index (χ0n) is 12.0. The van der Waals surface area contributed by atoms with Crippen LogP contribution >= 0.6 is 0 Å². The number of hydrogen-bond donors (Lipinski definition) is 2. The van der Waals surface area contributed by atoms with Gasteiger partial charge in [-0.05, 0) is 45.4 Å². The standard InChI is InChI=1S/C15H24O4/c1-11(12(2)13(3)15(18)19)9-7-5-4-6-8-10-14(16)17/h5,7,11H,4,6,8-10H2,1-3H3,(H,16,17)(H,18,19). The first kappa shape index (κ1) is 17.4. The molecule has 0 rings (SSSR count). The minimum atomic E-state index is -0.859. The van der Waals surface area contributed by atoms with E-state index < -0.39 is 11.9 Å². The second-order valence-corrected chi connectivity index (χ2v) is 4.86. The lowest BCUT2D eigenvalue weighted by Crippen LogP contribution is -2.05. The van der Waals surface area contributed by atoms with E-state index in [0.717, 1.165) is 24.8 Å². The number of hydrogen-bond acceptors (Lipinski definition) is 2. The van der Waals surface area contributed by atoms with Gasteiger partial charge in [-0.2, -0.15) is 0 Å². The van der Waals surface area contributed by atoms with Crippen LogP contribution in [0.25, 0.3) is 0 Å². The number of aliphatic carboxylic acids is 2. The molecular weight excluding hydrogens is 244 g/mol. The largest absolute Gasteiger partial charge is 0.481 e. The maximum atomic E-state index is 10.8. The molecule has 4 nitrogen and oxygen atoms in total. The first-order valence-electron chi connectivity index (χ1n) is 6.63. The SMILES string of the molecule is CC(C(=O)O)=C(C)C(C)CC=CCCCCC(=O)O. The van der Waals surface area contributed by atoms with Gasteiger partial charge in [-0.15, -0.1) is 0 Å². The summed E-state index contributed by atoms with van der Waals surface area (Å²) in [6.07, 6.45) is 7.58. The summed E-state index contributed by atoms with van der Waals surface area (Å²) in [5.74, 6) is -1.39. The summed E-state index contributed by atoms with van der Waals surface area (Å²) in [7, 11) is 0. The lowest BCUT2D eigenvalue weighted by atomic mass is 9.94. The topological polar surface area (TPSA) is 74.6 Å². The highest BCUT2D eigenvalue weighted by Crippen LogP contribution is 2.19. The Bertz CT molecular complexity index is 366. The van der Waals surface area contributed by atoms with Crippen molar-refractivity contribution in [3.05, 3.63) is 23.3 Å². The lowest BCUT2D eigenvalue weighted by molar-refractivity contribution is -0.137. The molecule has 0 radical (unpaired) electrons. The number of unbranched alkanes of at least 4 members (excludes halogenated alkanes) is 2. The fourth-order valence-corrected chi connectivity index (χ4v) is 1.67. The molecule has 4 heteroatoms. The molecule has 0 saturated heterocycles. The molecule has 1 unspecified atom stereocenters. The van der Waals surface area contributed by atoms with Crippen molar-refractivity contribution in [1.29, 1.82) is 0 Å². The Morgan fingerprint density at radius 1 is 1.11 bits per heavy atom. The monoisotopic (exact) mass is 268 g/mol. The van der Waals surface area contributed by atoms with Crippen LogP contribution in [0.1, 0.15) is 52.9 Å². The third-order valence-corrected chi connectivity index (χ3v) is 3.32. The van der Waals surface area contributed by atoms with Gasteiger partial charge in [0, 0.05) is 12.0 Å². The molecule has 0 aromatic heterocycles. The average molecular weight is 268 g/mol. The van der Waals surface area contributed by atoms with Gasteiger partial charge in [0.2, 0.25) is 0 Å². The van der Waals surface area contributed by atoms with Gasteiger partial charge in [-0.3, -0.25) is 4.79 Å². The molecule has 0 heterocycles. The van der Waals surface area contributed by atoms with Crippen molar-refractivity contribution in [1.82, 2.24) is 0 Å². The zero-order chi connectivity index (χ0) is 14.8. The zero-order valence-corrected chi connectivity index (χ0v) is 12.0. The molecule has 0 aliphatic heterocycles. The van der Waals surface area contributed by atoms with Gasteiger partial charge in [0.15, 0.2) is 0 Å². The number of carboxylic acid groups (broad SMARTS) is 2. The van der Waals surface area contributed by atoms with Crippen molar-refractivity contribution in [3.8, 4) is 0 Å². The fourth-order valence-electron chi connectivity index (χ4n) is 1.67. The van der Waals surface area contributed by atoms with E-state index in [1.807, 2.05) is 26.0 Å². The first-order valence-corrected chi connectivity index (χ1v) is 6.63. The average Bonchev–Trinajstić information content (AvgIpc) is 2.34. The predicted molar refractivity (Wildman–Crippen MR) is 75.0 cm³/mol. The van der Waals surface area contributed by atoms with Crippen molar-refractivity contribution < 1.29 is 19.8 Å². The quantitative estimate of drug-likeness (QED) is 0.380. The maximum Gasteiger partial charge on any atom is 0.331 e. The van der Waals surface area contributed by atoms with Crippen LogP contribution in [-0.4, -0.2) is 22.2 Å². The van der Waals surface area contributed by atoms with Crippen molar-refractivity contribution >= 4 is 11.9 Å². The molecule has 0 bridgehead atoms. The maximum absolute atomic E-state index is 10.8. The lowest BCUT2D eigenvalue weighted by Gasteiger charge is -2.11. The van der Waals surface area contributed by atoms with E-state index in [1.54, 1.807) is 6.92 Å². The summed E-state index contributed by atoms with van der Waals surface area (Å²) in [4.78, 5) is 21.1. The Morgan fingerprint density at radius 2 is 1.74 bits per heavy atom. The number of carbonyl (C=O) groups is 2. The van der Waals surface area contributed by atoms with E-state index in [2.05, 4.69) is 0 Å². The molecule has 0 aliphatic carbocycles. The Morgan fingerprint density at radius 3 is 2.26 bits per heavy atom. The molecule has 0 aromatic carbocycles. The van der Waals surface area contributed by atoms with E-state index in [9.17, 15) is 9.59 Å². The van der Waals surface area contributed by atoms with Gasteiger partial charge in [0.1, 0.15) is 0 Å². The van der Waals surface area contributed by atoms with Crippen LogP contribution in [0.2, 0.25) is 0 Å². The molecule has 0 fully saturated rings. The smallest absolute Gasteiger partial charge is 0.331 e. The molecule has 0 aliphatic rings. The van der Waals surface area contributed by atoms with Crippen LogP contribution in [0.5, 0.6) is 0 Å². The molecule has 2 N–H and O–H groups in total. The molecule has 1 atom stereocenters. The highest BCUT2D eigenvalue weighted by atomic mass is 16.4. The van der Waals surface area contributed by atoms with Gasteiger partial charge < -0.3 is 10.2 Å². The Balaban J connectivity index is 3.96. The van der Waals surface area contributed by atoms with Crippen molar-refractivity contribution in [2.45, 2.75) is 52.9 Å². The Hall–Kier alpha value is -1.58. The van der Waals surface area contributed by atoms with Crippen LogP contribution in [0.3, 0.4) is 0 Å². The number of rotatable bonds is 9.